The maximum absolute atomic E-state index is 13.3. The fraction of sp³-hybridized carbons (Fsp3) is 0.258. The number of hydrogen-bond donors (Lipinski definition) is 2. The van der Waals surface area contributed by atoms with Crippen molar-refractivity contribution in [2.45, 2.75) is 38.8 Å². The number of Topliss-reactive ketones (excluding diaryl/α,β-unsaturated/α-hetero) is 1. The van der Waals surface area contributed by atoms with Gasteiger partial charge in [-0.2, -0.15) is 0 Å². The molecule has 3 aromatic carbocycles. The van der Waals surface area contributed by atoms with Gasteiger partial charge in [0.1, 0.15) is 17.3 Å². The summed E-state index contributed by atoms with van der Waals surface area (Å²) in [4.78, 5) is 39.2. The summed E-state index contributed by atoms with van der Waals surface area (Å²) >= 11 is 0. The quantitative estimate of drug-likeness (QED) is 0.144. The molecule has 3 aromatic rings. The van der Waals surface area contributed by atoms with Crippen LogP contribution in [0.25, 0.3) is 5.76 Å². The molecule has 1 atom stereocenters. The maximum atomic E-state index is 13.3. The van der Waals surface area contributed by atoms with Crippen LogP contribution in [0.2, 0.25) is 0 Å². The number of likely N-dealkylation sites (tertiary alicyclic amines) is 1. The van der Waals surface area contributed by atoms with E-state index >= 15 is 0 Å². The number of carboxylic acids is 1. The van der Waals surface area contributed by atoms with Gasteiger partial charge in [0, 0.05) is 12.1 Å². The maximum Gasteiger partial charge on any atom is 0.335 e. The Morgan fingerprint density at radius 1 is 0.846 bits per heavy atom. The molecule has 0 spiro atoms. The Kier molecular flexibility index (Phi) is 8.66. The summed E-state index contributed by atoms with van der Waals surface area (Å²) in [7, 11) is 1.54. The van der Waals surface area contributed by atoms with Crippen molar-refractivity contribution in [3.05, 3.63) is 101 Å². The average molecular weight is 530 g/mol. The van der Waals surface area contributed by atoms with Crippen LogP contribution in [0.3, 0.4) is 0 Å². The van der Waals surface area contributed by atoms with E-state index in [4.69, 9.17) is 9.47 Å². The zero-order valence-corrected chi connectivity index (χ0v) is 21.9. The highest BCUT2D eigenvalue weighted by atomic mass is 16.5. The molecule has 1 aliphatic heterocycles. The lowest BCUT2D eigenvalue weighted by Gasteiger charge is -2.25. The monoisotopic (exact) mass is 529 g/mol. The van der Waals surface area contributed by atoms with Crippen molar-refractivity contribution in [1.82, 2.24) is 4.90 Å². The molecule has 0 saturated carbocycles. The first-order valence-electron chi connectivity index (χ1n) is 12.8. The van der Waals surface area contributed by atoms with Crippen LogP contribution in [0, 0.1) is 0 Å². The summed E-state index contributed by atoms with van der Waals surface area (Å²) in [6.07, 6.45) is 3.12. The molecule has 202 valence electrons. The summed E-state index contributed by atoms with van der Waals surface area (Å²) in [5, 5.41) is 20.5. The van der Waals surface area contributed by atoms with E-state index in [0.717, 1.165) is 19.3 Å². The van der Waals surface area contributed by atoms with E-state index in [1.54, 1.807) is 67.8 Å². The summed E-state index contributed by atoms with van der Waals surface area (Å²) in [5.41, 5.74) is 1.74. The summed E-state index contributed by atoms with van der Waals surface area (Å²) in [6, 6.07) is 19.0. The third-order valence-electron chi connectivity index (χ3n) is 6.67. The van der Waals surface area contributed by atoms with Crippen molar-refractivity contribution in [3.8, 4) is 11.5 Å². The number of aliphatic hydroxyl groups excluding tert-OH is 1. The fourth-order valence-electron chi connectivity index (χ4n) is 4.53. The number of benzene rings is 3. The molecule has 1 unspecified atom stereocenters. The van der Waals surface area contributed by atoms with Gasteiger partial charge in [-0.05, 0) is 66.1 Å². The number of ether oxygens (including phenoxy) is 2. The number of aliphatic hydroxyl groups is 1. The molecule has 0 aliphatic carbocycles. The van der Waals surface area contributed by atoms with E-state index in [1.807, 2.05) is 0 Å². The Labute approximate surface area is 227 Å². The number of hydrogen-bond acceptors (Lipinski definition) is 6. The number of carbonyl (C=O) groups excluding carboxylic acids is 2. The van der Waals surface area contributed by atoms with Crippen LogP contribution in [0.5, 0.6) is 11.5 Å². The first-order valence-corrected chi connectivity index (χ1v) is 12.8. The summed E-state index contributed by atoms with van der Waals surface area (Å²) in [5.74, 6) is -1.63. The number of amides is 1. The second-order valence-electron chi connectivity index (χ2n) is 9.28. The number of rotatable bonds is 11. The Morgan fingerprint density at radius 2 is 1.46 bits per heavy atom. The average Bonchev–Trinajstić information content (AvgIpc) is 3.20. The number of nitrogens with zero attached hydrogens (tertiary/aromatic N) is 1. The Hall–Kier alpha value is -4.59. The molecule has 0 radical (unpaired) electrons. The first-order chi connectivity index (χ1) is 18.8. The van der Waals surface area contributed by atoms with Crippen molar-refractivity contribution >= 4 is 23.4 Å². The second kappa shape index (κ2) is 12.3. The third kappa shape index (κ3) is 6.12. The minimum atomic E-state index is -1.06. The molecule has 4 rings (SSSR count). The lowest BCUT2D eigenvalue weighted by molar-refractivity contribution is -0.140. The first kappa shape index (κ1) is 27.4. The van der Waals surface area contributed by atoms with Crippen LogP contribution < -0.4 is 9.47 Å². The number of carbonyl (C=O) groups is 3. The molecule has 1 saturated heterocycles. The lowest BCUT2D eigenvalue weighted by atomic mass is 9.95. The highest BCUT2D eigenvalue weighted by Gasteiger charge is 2.46. The molecule has 8 nitrogen and oxygen atoms in total. The van der Waals surface area contributed by atoms with Crippen LogP contribution >= 0.6 is 0 Å². The van der Waals surface area contributed by atoms with E-state index < -0.39 is 23.7 Å². The normalized spacial score (nSPS) is 16.4. The standard InChI is InChI=1S/C31H31NO7/c1-3-4-5-18-39-25-16-12-22(13-17-25)28(33)26-27(21-10-14-24(38-2)15-11-21)32(30(35)29(26)34)19-20-6-8-23(9-7-20)31(36)37/h6-17,27,33H,3-5,18-19H2,1-2H3,(H,36,37)/b28-26+. The largest absolute Gasteiger partial charge is 0.507 e. The SMILES string of the molecule is CCCCCOc1ccc(/C(O)=C2\C(=O)C(=O)N(Cc3ccc(C(=O)O)cc3)C2c2ccc(OC)cc2)cc1. The van der Waals surface area contributed by atoms with E-state index in [9.17, 15) is 24.6 Å². The summed E-state index contributed by atoms with van der Waals surface area (Å²) < 4.78 is 11.0. The molecule has 8 heteroatoms. The smallest absolute Gasteiger partial charge is 0.335 e. The Balaban J connectivity index is 1.70. The van der Waals surface area contributed by atoms with Crippen LogP contribution in [-0.2, 0) is 16.1 Å². The van der Waals surface area contributed by atoms with E-state index in [-0.39, 0.29) is 23.4 Å². The van der Waals surface area contributed by atoms with Crippen molar-refractivity contribution in [2.24, 2.45) is 0 Å². The molecule has 0 bridgehead atoms. The minimum Gasteiger partial charge on any atom is -0.507 e. The van der Waals surface area contributed by atoms with Crippen molar-refractivity contribution in [2.75, 3.05) is 13.7 Å². The Bertz CT molecular complexity index is 1360. The number of aromatic carboxylic acids is 1. The van der Waals surface area contributed by atoms with Gasteiger partial charge < -0.3 is 24.6 Å². The number of unbranched alkanes of at least 4 members (excludes halogenated alkanes) is 2. The molecule has 1 amide bonds. The predicted molar refractivity (Wildman–Crippen MR) is 146 cm³/mol. The zero-order chi connectivity index (χ0) is 27.9. The molecule has 1 aliphatic rings. The van der Waals surface area contributed by atoms with Crippen LogP contribution in [-0.4, -0.2) is 46.5 Å². The second-order valence-corrected chi connectivity index (χ2v) is 9.28. The molecule has 1 fully saturated rings. The van der Waals surface area contributed by atoms with Gasteiger partial charge in [0.05, 0.1) is 30.9 Å². The van der Waals surface area contributed by atoms with E-state index in [2.05, 4.69) is 6.92 Å². The third-order valence-corrected chi connectivity index (χ3v) is 6.67. The van der Waals surface area contributed by atoms with Gasteiger partial charge in [-0.1, -0.05) is 44.0 Å². The number of ketones is 1. The predicted octanol–water partition coefficient (Wildman–Crippen LogP) is 5.58. The topological polar surface area (TPSA) is 113 Å². The Morgan fingerprint density at radius 3 is 2.05 bits per heavy atom. The van der Waals surface area contributed by atoms with Gasteiger partial charge in [0.25, 0.3) is 11.7 Å². The van der Waals surface area contributed by atoms with Crippen molar-refractivity contribution in [3.63, 3.8) is 0 Å². The molecule has 39 heavy (non-hydrogen) atoms. The number of carboxylic acid groups (broad SMARTS) is 1. The van der Waals surface area contributed by atoms with E-state index in [0.29, 0.717) is 34.8 Å². The molecule has 0 aromatic heterocycles. The number of methoxy groups -OCH3 is 1. The van der Waals surface area contributed by atoms with Gasteiger partial charge in [-0.25, -0.2) is 4.79 Å². The van der Waals surface area contributed by atoms with Gasteiger partial charge in [-0.15, -0.1) is 0 Å². The molecular weight excluding hydrogens is 498 g/mol. The van der Waals surface area contributed by atoms with Gasteiger partial charge in [0.2, 0.25) is 0 Å². The van der Waals surface area contributed by atoms with Crippen LogP contribution in [0.4, 0.5) is 0 Å². The van der Waals surface area contributed by atoms with Crippen molar-refractivity contribution in [1.29, 1.82) is 0 Å². The van der Waals surface area contributed by atoms with Crippen molar-refractivity contribution < 1.29 is 34.1 Å². The molecular formula is C31H31NO7. The van der Waals surface area contributed by atoms with Crippen LogP contribution in [0.15, 0.2) is 78.4 Å². The van der Waals surface area contributed by atoms with E-state index in [1.165, 1.54) is 17.0 Å². The summed E-state index contributed by atoms with van der Waals surface area (Å²) in [6.45, 7) is 2.76. The van der Waals surface area contributed by atoms with Gasteiger partial charge in [-0.3, -0.25) is 9.59 Å². The highest BCUT2D eigenvalue weighted by Crippen LogP contribution is 2.40. The minimum absolute atomic E-state index is 0.0241. The van der Waals surface area contributed by atoms with Crippen LogP contribution in [0.1, 0.15) is 59.3 Å². The molecule has 2 N–H and O–H groups in total. The molecule has 1 heterocycles. The van der Waals surface area contributed by atoms with Gasteiger partial charge >= 0.3 is 5.97 Å². The van der Waals surface area contributed by atoms with Gasteiger partial charge in [0.15, 0.2) is 0 Å². The lowest BCUT2D eigenvalue weighted by Crippen LogP contribution is -2.29. The zero-order valence-electron chi connectivity index (χ0n) is 21.9. The fourth-order valence-corrected chi connectivity index (χ4v) is 4.53. The highest BCUT2D eigenvalue weighted by molar-refractivity contribution is 6.46.